The molecule has 1 saturated heterocycles. The standard InChI is InChI=1S/C22H19ClN4O2S/c23-15-5-3-6-16(13-15)27-11-10-19(25-27)21(28)26(14-17-7-4-12-29-17)22-24-18-8-1-2-9-20(18)30-22/h1-3,5-6,8-11,13,17H,4,7,12,14H2. The zero-order chi connectivity index (χ0) is 20.5. The second-order valence-corrected chi connectivity index (χ2v) is 8.59. The van der Waals surface area contributed by atoms with Gasteiger partial charge in [-0.25, -0.2) is 9.67 Å². The zero-order valence-corrected chi connectivity index (χ0v) is 17.6. The largest absolute Gasteiger partial charge is 0.376 e. The Hall–Kier alpha value is -2.74. The number of para-hydroxylation sites is 1. The molecule has 1 aliphatic heterocycles. The Labute approximate surface area is 182 Å². The van der Waals surface area contributed by atoms with Gasteiger partial charge in [0.15, 0.2) is 10.8 Å². The molecule has 2 aromatic heterocycles. The van der Waals surface area contributed by atoms with E-state index in [4.69, 9.17) is 21.3 Å². The minimum Gasteiger partial charge on any atom is -0.376 e. The lowest BCUT2D eigenvalue weighted by atomic mass is 10.2. The zero-order valence-electron chi connectivity index (χ0n) is 16.1. The molecule has 5 rings (SSSR count). The van der Waals surface area contributed by atoms with E-state index >= 15 is 0 Å². The molecule has 30 heavy (non-hydrogen) atoms. The molecule has 0 aliphatic carbocycles. The maximum Gasteiger partial charge on any atom is 0.280 e. The molecule has 1 atom stereocenters. The SMILES string of the molecule is O=C(c1ccn(-c2cccc(Cl)c2)n1)N(CC1CCCO1)c1nc2ccccc2s1. The van der Waals surface area contributed by atoms with Crippen LogP contribution in [-0.2, 0) is 4.74 Å². The highest BCUT2D eigenvalue weighted by Crippen LogP contribution is 2.30. The van der Waals surface area contributed by atoms with E-state index in [0.29, 0.717) is 22.4 Å². The molecule has 2 aromatic carbocycles. The van der Waals surface area contributed by atoms with E-state index in [0.717, 1.165) is 35.4 Å². The van der Waals surface area contributed by atoms with Gasteiger partial charge in [0.25, 0.3) is 5.91 Å². The van der Waals surface area contributed by atoms with Crippen LogP contribution >= 0.6 is 22.9 Å². The quantitative estimate of drug-likeness (QED) is 0.441. The van der Waals surface area contributed by atoms with Crippen molar-refractivity contribution >= 4 is 44.2 Å². The maximum atomic E-state index is 13.5. The Morgan fingerprint density at radius 1 is 1.23 bits per heavy atom. The number of rotatable bonds is 5. The van der Waals surface area contributed by atoms with Gasteiger partial charge in [-0.15, -0.1) is 0 Å². The molecule has 1 amide bonds. The highest BCUT2D eigenvalue weighted by atomic mass is 35.5. The first-order valence-corrected chi connectivity index (χ1v) is 11.0. The molecule has 0 spiro atoms. The lowest BCUT2D eigenvalue weighted by Crippen LogP contribution is -2.37. The summed E-state index contributed by atoms with van der Waals surface area (Å²) in [5.74, 6) is -0.190. The van der Waals surface area contributed by atoms with Crippen molar-refractivity contribution < 1.29 is 9.53 Å². The molecule has 0 N–H and O–H groups in total. The summed E-state index contributed by atoms with van der Waals surface area (Å²) in [5.41, 5.74) is 2.03. The van der Waals surface area contributed by atoms with Gasteiger partial charge >= 0.3 is 0 Å². The second kappa shape index (κ2) is 8.18. The van der Waals surface area contributed by atoms with E-state index in [1.165, 1.54) is 11.3 Å². The van der Waals surface area contributed by atoms with Gasteiger partial charge in [-0.1, -0.05) is 41.1 Å². The Kier molecular flexibility index (Phi) is 5.25. The molecule has 1 fully saturated rings. The lowest BCUT2D eigenvalue weighted by molar-refractivity contribution is 0.0913. The molecule has 6 nitrogen and oxygen atoms in total. The van der Waals surface area contributed by atoms with Crippen LogP contribution in [0.2, 0.25) is 5.02 Å². The number of fused-ring (bicyclic) bond motifs is 1. The number of hydrogen-bond donors (Lipinski definition) is 0. The number of nitrogens with zero attached hydrogens (tertiary/aromatic N) is 4. The van der Waals surface area contributed by atoms with Crippen LogP contribution in [0.1, 0.15) is 23.3 Å². The molecule has 1 unspecified atom stereocenters. The van der Waals surface area contributed by atoms with Gasteiger partial charge < -0.3 is 4.74 Å². The van der Waals surface area contributed by atoms with E-state index in [1.54, 1.807) is 34.0 Å². The molecule has 0 saturated carbocycles. The van der Waals surface area contributed by atoms with Crippen LogP contribution in [0.15, 0.2) is 60.8 Å². The first-order valence-electron chi connectivity index (χ1n) is 9.78. The van der Waals surface area contributed by atoms with E-state index in [9.17, 15) is 4.79 Å². The van der Waals surface area contributed by atoms with Crippen molar-refractivity contribution in [2.24, 2.45) is 0 Å². The molecule has 3 heterocycles. The van der Waals surface area contributed by atoms with Crippen molar-refractivity contribution in [2.45, 2.75) is 18.9 Å². The van der Waals surface area contributed by atoms with Crippen LogP contribution < -0.4 is 4.90 Å². The van der Waals surface area contributed by atoms with E-state index < -0.39 is 0 Å². The number of benzene rings is 2. The number of thiazole rings is 1. The summed E-state index contributed by atoms with van der Waals surface area (Å²) in [6.07, 6.45) is 3.72. The van der Waals surface area contributed by atoms with Crippen molar-refractivity contribution in [1.29, 1.82) is 0 Å². The van der Waals surface area contributed by atoms with Crippen LogP contribution in [-0.4, -0.2) is 39.9 Å². The molecular weight excluding hydrogens is 420 g/mol. The Bertz CT molecular complexity index is 1170. The van der Waals surface area contributed by atoms with Gasteiger partial charge in [-0.2, -0.15) is 5.10 Å². The van der Waals surface area contributed by atoms with Crippen LogP contribution in [0.4, 0.5) is 5.13 Å². The molecule has 152 valence electrons. The number of halogens is 1. The second-order valence-electron chi connectivity index (χ2n) is 7.14. The van der Waals surface area contributed by atoms with Gasteiger partial charge in [0.2, 0.25) is 0 Å². The third-order valence-electron chi connectivity index (χ3n) is 5.05. The average Bonchev–Trinajstić information content (AvgIpc) is 3.52. The fourth-order valence-corrected chi connectivity index (χ4v) is 4.71. The van der Waals surface area contributed by atoms with Gasteiger partial charge in [-0.3, -0.25) is 9.69 Å². The molecular formula is C22H19ClN4O2S. The van der Waals surface area contributed by atoms with E-state index in [1.807, 2.05) is 36.4 Å². The number of amides is 1. The van der Waals surface area contributed by atoms with E-state index in [-0.39, 0.29) is 12.0 Å². The Morgan fingerprint density at radius 3 is 2.93 bits per heavy atom. The van der Waals surface area contributed by atoms with Gasteiger partial charge in [0, 0.05) is 17.8 Å². The first kappa shape index (κ1) is 19.2. The topological polar surface area (TPSA) is 60.2 Å². The average molecular weight is 439 g/mol. The summed E-state index contributed by atoms with van der Waals surface area (Å²) in [5, 5.41) is 5.78. The number of aromatic nitrogens is 3. The van der Waals surface area contributed by atoms with Crippen LogP contribution in [0.25, 0.3) is 15.9 Å². The predicted octanol–water partition coefficient (Wildman–Crippen LogP) is 4.96. The minimum absolute atomic E-state index is 0.0102. The Balaban J connectivity index is 1.48. The van der Waals surface area contributed by atoms with Gasteiger partial charge in [-0.05, 0) is 49.2 Å². The summed E-state index contributed by atoms with van der Waals surface area (Å²) in [7, 11) is 0. The van der Waals surface area contributed by atoms with Gasteiger partial charge in [0.1, 0.15) is 0 Å². The molecule has 8 heteroatoms. The minimum atomic E-state index is -0.190. The van der Waals surface area contributed by atoms with Crippen molar-refractivity contribution in [1.82, 2.24) is 14.8 Å². The summed E-state index contributed by atoms with van der Waals surface area (Å²) < 4.78 is 8.49. The normalized spacial score (nSPS) is 16.2. The molecule has 1 aliphatic rings. The van der Waals surface area contributed by atoms with Gasteiger partial charge in [0.05, 0.1) is 28.6 Å². The number of anilines is 1. The fourth-order valence-electron chi connectivity index (χ4n) is 3.55. The van der Waals surface area contributed by atoms with Crippen LogP contribution in [0.3, 0.4) is 0 Å². The lowest BCUT2D eigenvalue weighted by Gasteiger charge is -2.22. The van der Waals surface area contributed by atoms with Crippen molar-refractivity contribution in [2.75, 3.05) is 18.1 Å². The van der Waals surface area contributed by atoms with Crippen molar-refractivity contribution in [3.05, 3.63) is 71.5 Å². The van der Waals surface area contributed by atoms with Crippen molar-refractivity contribution in [3.63, 3.8) is 0 Å². The number of carbonyl (C=O) groups is 1. The summed E-state index contributed by atoms with van der Waals surface area (Å²) in [4.78, 5) is 19.9. The molecule has 4 aromatic rings. The smallest absolute Gasteiger partial charge is 0.280 e. The molecule has 0 bridgehead atoms. The third-order valence-corrected chi connectivity index (χ3v) is 6.34. The highest BCUT2D eigenvalue weighted by Gasteiger charge is 2.28. The third kappa shape index (κ3) is 3.84. The van der Waals surface area contributed by atoms with Crippen LogP contribution in [0, 0.1) is 0 Å². The number of ether oxygens (including phenoxy) is 1. The molecule has 0 radical (unpaired) electrons. The summed E-state index contributed by atoms with van der Waals surface area (Å²) in [6, 6.07) is 17.0. The van der Waals surface area contributed by atoms with Crippen molar-refractivity contribution in [3.8, 4) is 5.69 Å². The first-order chi connectivity index (χ1) is 14.7. The summed E-state index contributed by atoms with van der Waals surface area (Å²) >= 11 is 7.59. The van der Waals surface area contributed by atoms with E-state index in [2.05, 4.69) is 5.10 Å². The fraction of sp³-hybridized carbons (Fsp3) is 0.227. The maximum absolute atomic E-state index is 13.5. The predicted molar refractivity (Wildman–Crippen MR) is 119 cm³/mol. The number of hydrogen-bond acceptors (Lipinski definition) is 5. The highest BCUT2D eigenvalue weighted by molar-refractivity contribution is 7.22. The monoisotopic (exact) mass is 438 g/mol. The Morgan fingerprint density at radius 2 is 2.13 bits per heavy atom. The number of carbonyl (C=O) groups excluding carboxylic acids is 1. The summed E-state index contributed by atoms with van der Waals surface area (Å²) in [6.45, 7) is 1.19. The van der Waals surface area contributed by atoms with Crippen LogP contribution in [0.5, 0.6) is 0 Å².